The van der Waals surface area contributed by atoms with Gasteiger partial charge in [-0.3, -0.25) is 0 Å². The monoisotopic (exact) mass is 322 g/mol. The molecule has 0 nitrogen and oxygen atoms in total. The van der Waals surface area contributed by atoms with Gasteiger partial charge in [0.2, 0.25) is 0 Å². The van der Waals surface area contributed by atoms with Crippen LogP contribution in [0.15, 0.2) is 24.3 Å². The minimum Gasteiger partial charge on any atom is -0.166 e. The highest BCUT2D eigenvalue weighted by atomic mass is 79.9. The molecule has 1 unspecified atom stereocenters. The van der Waals surface area contributed by atoms with Crippen molar-refractivity contribution in [3.05, 3.63) is 35.4 Å². The van der Waals surface area contributed by atoms with Crippen molar-refractivity contribution < 1.29 is 13.2 Å². The second-order valence-electron chi connectivity index (χ2n) is 4.97. The third-order valence-electron chi connectivity index (χ3n) is 2.80. The summed E-state index contributed by atoms with van der Waals surface area (Å²) in [5, 5.41) is 0. The first-order valence-corrected chi connectivity index (χ1v) is 7.01. The average Bonchev–Trinajstić information content (AvgIpc) is 2.26. The fraction of sp³-hybridized carbons (Fsp3) is 0.571. The lowest BCUT2D eigenvalue weighted by Crippen LogP contribution is -2.07. The minimum absolute atomic E-state index is 0.330. The molecule has 1 rings (SSSR count). The van der Waals surface area contributed by atoms with Gasteiger partial charge in [0.25, 0.3) is 0 Å². The van der Waals surface area contributed by atoms with Crippen LogP contribution in [0.5, 0.6) is 0 Å². The van der Waals surface area contributed by atoms with Gasteiger partial charge in [0.15, 0.2) is 0 Å². The Labute approximate surface area is 115 Å². The van der Waals surface area contributed by atoms with E-state index in [1.54, 1.807) is 12.1 Å². The Hall–Kier alpha value is -0.510. The zero-order chi connectivity index (χ0) is 13.8. The molecular formula is C14H18BrF3. The lowest BCUT2D eigenvalue weighted by Gasteiger charge is -2.12. The number of benzene rings is 1. The van der Waals surface area contributed by atoms with Crippen molar-refractivity contribution in [2.45, 2.75) is 44.1 Å². The zero-order valence-electron chi connectivity index (χ0n) is 10.6. The minimum atomic E-state index is -4.25. The van der Waals surface area contributed by atoms with Crippen LogP contribution >= 0.6 is 15.9 Å². The molecule has 0 N–H and O–H groups in total. The van der Waals surface area contributed by atoms with Crippen LogP contribution in [0.25, 0.3) is 0 Å². The van der Waals surface area contributed by atoms with E-state index in [0.29, 0.717) is 10.7 Å². The molecule has 0 saturated heterocycles. The Balaban J connectivity index is 2.53. The molecule has 0 aliphatic heterocycles. The van der Waals surface area contributed by atoms with Crippen LogP contribution in [0.2, 0.25) is 0 Å². The smallest absolute Gasteiger partial charge is 0.166 e. The largest absolute Gasteiger partial charge is 0.416 e. The highest BCUT2D eigenvalue weighted by molar-refractivity contribution is 9.09. The van der Waals surface area contributed by atoms with Gasteiger partial charge in [0.1, 0.15) is 0 Å². The summed E-state index contributed by atoms with van der Waals surface area (Å²) in [7, 11) is 0. The Bertz CT molecular complexity index is 354. The van der Waals surface area contributed by atoms with Crippen molar-refractivity contribution in [3.63, 3.8) is 0 Å². The van der Waals surface area contributed by atoms with E-state index in [1.165, 1.54) is 0 Å². The van der Waals surface area contributed by atoms with Crippen LogP contribution in [-0.2, 0) is 12.6 Å². The highest BCUT2D eigenvalue weighted by Crippen LogP contribution is 2.29. The van der Waals surface area contributed by atoms with Crippen molar-refractivity contribution in [2.24, 2.45) is 5.92 Å². The van der Waals surface area contributed by atoms with Crippen molar-refractivity contribution >= 4 is 15.9 Å². The second kappa shape index (κ2) is 6.60. The van der Waals surface area contributed by atoms with Gasteiger partial charge in [-0.05, 0) is 42.9 Å². The molecule has 0 aromatic heterocycles. The quantitative estimate of drug-likeness (QED) is 0.632. The molecule has 0 saturated carbocycles. The Kier molecular flexibility index (Phi) is 5.70. The fourth-order valence-corrected chi connectivity index (χ4v) is 2.34. The molecule has 102 valence electrons. The van der Waals surface area contributed by atoms with Gasteiger partial charge < -0.3 is 0 Å². The number of rotatable bonds is 5. The molecule has 0 aliphatic rings. The maximum atomic E-state index is 12.4. The number of halogens is 4. The molecule has 0 bridgehead atoms. The topological polar surface area (TPSA) is 0 Å². The first-order valence-electron chi connectivity index (χ1n) is 6.09. The Morgan fingerprint density at radius 2 is 1.61 bits per heavy atom. The first-order chi connectivity index (χ1) is 8.29. The van der Waals surface area contributed by atoms with Crippen LogP contribution in [0.4, 0.5) is 13.2 Å². The van der Waals surface area contributed by atoms with Gasteiger partial charge in [0.05, 0.1) is 5.56 Å². The average molecular weight is 323 g/mol. The molecular weight excluding hydrogens is 305 g/mol. The van der Waals surface area contributed by atoms with Crippen molar-refractivity contribution in [3.8, 4) is 0 Å². The highest BCUT2D eigenvalue weighted by Gasteiger charge is 2.29. The second-order valence-corrected chi connectivity index (χ2v) is 6.26. The molecule has 0 fully saturated rings. The Morgan fingerprint density at radius 3 is 2.06 bits per heavy atom. The molecule has 0 heterocycles. The van der Waals surface area contributed by atoms with Crippen LogP contribution in [0.3, 0.4) is 0 Å². The van der Waals surface area contributed by atoms with Gasteiger partial charge >= 0.3 is 6.18 Å². The van der Waals surface area contributed by atoms with Crippen LogP contribution in [0, 0.1) is 5.92 Å². The van der Waals surface area contributed by atoms with Gasteiger partial charge in [-0.25, -0.2) is 0 Å². The number of hydrogen-bond donors (Lipinski definition) is 0. The van der Waals surface area contributed by atoms with E-state index in [1.807, 2.05) is 0 Å². The summed E-state index contributed by atoms with van der Waals surface area (Å²) in [4.78, 5) is 0.330. The molecule has 1 atom stereocenters. The van der Waals surface area contributed by atoms with E-state index >= 15 is 0 Å². The summed E-state index contributed by atoms with van der Waals surface area (Å²) in [6, 6.07) is 5.42. The molecule has 18 heavy (non-hydrogen) atoms. The van der Waals surface area contributed by atoms with Gasteiger partial charge in [0, 0.05) is 4.83 Å². The molecule has 0 aliphatic carbocycles. The summed E-state index contributed by atoms with van der Waals surface area (Å²) < 4.78 is 37.1. The molecule has 0 spiro atoms. The van der Waals surface area contributed by atoms with E-state index in [4.69, 9.17) is 0 Å². The first kappa shape index (κ1) is 15.5. The predicted molar refractivity (Wildman–Crippen MR) is 71.9 cm³/mol. The van der Waals surface area contributed by atoms with Gasteiger partial charge in [-0.15, -0.1) is 0 Å². The standard InChI is InChI=1S/C14H18BrF3/c1-10(2)3-8-13(15)9-11-4-6-12(7-5-11)14(16,17)18/h4-7,10,13H,3,8-9H2,1-2H3. The SMILES string of the molecule is CC(C)CCC(Br)Cc1ccc(C(F)(F)F)cc1. The summed E-state index contributed by atoms with van der Waals surface area (Å²) in [6.45, 7) is 4.33. The number of hydrogen-bond acceptors (Lipinski definition) is 0. The predicted octanol–water partition coefficient (Wildman–Crippen LogP) is 5.45. The lowest BCUT2D eigenvalue weighted by molar-refractivity contribution is -0.137. The van der Waals surface area contributed by atoms with E-state index in [9.17, 15) is 13.2 Å². The maximum absolute atomic E-state index is 12.4. The summed E-state index contributed by atoms with van der Waals surface area (Å²) in [6.07, 6.45) is -1.32. The summed E-state index contributed by atoms with van der Waals surface area (Å²) >= 11 is 3.58. The summed E-state index contributed by atoms with van der Waals surface area (Å²) in [5.74, 6) is 0.651. The Morgan fingerprint density at radius 1 is 1.06 bits per heavy atom. The zero-order valence-corrected chi connectivity index (χ0v) is 12.2. The molecule has 0 amide bonds. The number of alkyl halides is 4. The normalized spacial score (nSPS) is 13.9. The van der Waals surface area contributed by atoms with Crippen LogP contribution in [-0.4, -0.2) is 4.83 Å². The van der Waals surface area contributed by atoms with E-state index in [-0.39, 0.29) is 0 Å². The third kappa shape index (κ3) is 5.42. The van der Waals surface area contributed by atoms with E-state index in [0.717, 1.165) is 37.0 Å². The summed E-state index contributed by atoms with van der Waals surface area (Å²) in [5.41, 5.74) is 0.355. The third-order valence-corrected chi connectivity index (χ3v) is 3.58. The molecule has 1 aromatic rings. The van der Waals surface area contributed by atoms with Gasteiger partial charge in [-0.1, -0.05) is 41.9 Å². The van der Waals surface area contributed by atoms with Crippen molar-refractivity contribution in [1.82, 2.24) is 0 Å². The van der Waals surface area contributed by atoms with E-state index < -0.39 is 11.7 Å². The van der Waals surface area contributed by atoms with Crippen molar-refractivity contribution in [1.29, 1.82) is 0 Å². The van der Waals surface area contributed by atoms with Crippen LogP contribution in [0.1, 0.15) is 37.8 Å². The van der Waals surface area contributed by atoms with Gasteiger partial charge in [-0.2, -0.15) is 13.2 Å². The molecule has 1 aromatic carbocycles. The molecule has 4 heteroatoms. The lowest BCUT2D eigenvalue weighted by atomic mass is 10.0. The maximum Gasteiger partial charge on any atom is 0.416 e. The van der Waals surface area contributed by atoms with Crippen LogP contribution < -0.4 is 0 Å². The van der Waals surface area contributed by atoms with E-state index in [2.05, 4.69) is 29.8 Å². The van der Waals surface area contributed by atoms with Crippen molar-refractivity contribution in [2.75, 3.05) is 0 Å². The fourth-order valence-electron chi connectivity index (χ4n) is 1.70. The molecule has 0 radical (unpaired) electrons.